The zero-order valence-corrected chi connectivity index (χ0v) is 18.3. The quantitative estimate of drug-likeness (QED) is 0.536. The summed E-state index contributed by atoms with van der Waals surface area (Å²) in [7, 11) is 1.59. The Labute approximate surface area is 191 Å². The number of fused-ring (bicyclic) bond motifs is 1. The van der Waals surface area contributed by atoms with Gasteiger partial charge in [-0.15, -0.1) is 0 Å². The third-order valence-corrected chi connectivity index (χ3v) is 5.26. The Balaban J connectivity index is 1.55. The van der Waals surface area contributed by atoms with E-state index in [0.29, 0.717) is 28.4 Å². The van der Waals surface area contributed by atoms with Crippen LogP contribution >= 0.6 is 0 Å². The van der Waals surface area contributed by atoms with Crippen LogP contribution in [0, 0.1) is 0 Å². The molecule has 0 spiro atoms. The van der Waals surface area contributed by atoms with Crippen LogP contribution in [0.3, 0.4) is 0 Å². The normalized spacial score (nSPS) is 14.7. The van der Waals surface area contributed by atoms with Crippen LogP contribution in [-0.2, 0) is 9.59 Å². The lowest BCUT2D eigenvalue weighted by Crippen LogP contribution is -2.46. The van der Waals surface area contributed by atoms with Crippen LogP contribution in [0.25, 0.3) is 0 Å². The number of benzene rings is 3. The third-order valence-electron chi connectivity index (χ3n) is 5.26. The molecule has 0 radical (unpaired) electrons. The Hall–Kier alpha value is -4.33. The lowest BCUT2D eigenvalue weighted by atomic mass is 10.0. The van der Waals surface area contributed by atoms with Gasteiger partial charge >= 0.3 is 0 Å². The lowest BCUT2D eigenvalue weighted by molar-refractivity contribution is -0.117. The Morgan fingerprint density at radius 2 is 1.58 bits per heavy atom. The van der Waals surface area contributed by atoms with Gasteiger partial charge in [-0.25, -0.2) is 0 Å². The van der Waals surface area contributed by atoms with E-state index in [-0.39, 0.29) is 24.3 Å². The van der Waals surface area contributed by atoms with E-state index in [9.17, 15) is 14.4 Å². The molecule has 0 saturated heterocycles. The number of amides is 3. The van der Waals surface area contributed by atoms with Gasteiger partial charge in [0.15, 0.2) is 0 Å². The van der Waals surface area contributed by atoms with Crippen molar-refractivity contribution in [3.8, 4) is 5.75 Å². The fourth-order valence-electron chi connectivity index (χ4n) is 3.70. The SMILES string of the molecule is COc1ccc([C@H]2Nc3ccccc3C(=O)N2CC(=O)Nc2ccc(NC(C)=O)cc2)cc1. The van der Waals surface area contributed by atoms with Crippen LogP contribution in [0.5, 0.6) is 5.75 Å². The molecule has 3 amide bonds. The number of nitrogens with one attached hydrogen (secondary N) is 3. The number of nitrogens with zero attached hydrogens (tertiary/aromatic N) is 1. The van der Waals surface area contributed by atoms with Crippen molar-refractivity contribution < 1.29 is 19.1 Å². The zero-order chi connectivity index (χ0) is 23.4. The maximum atomic E-state index is 13.3. The minimum absolute atomic E-state index is 0.149. The standard InChI is InChI=1S/C25H24N4O4/c1-16(30)26-18-9-11-19(12-10-18)27-23(31)15-29-24(17-7-13-20(33-2)14-8-17)28-22-6-4-3-5-21(22)25(29)32/h3-14,24,28H,15H2,1-2H3,(H,26,30)(H,27,31)/t24-/m0/s1. The number of para-hydroxylation sites is 1. The molecule has 3 aromatic rings. The van der Waals surface area contributed by atoms with Crippen LogP contribution in [-0.4, -0.2) is 36.3 Å². The second-order valence-corrected chi connectivity index (χ2v) is 7.61. The summed E-state index contributed by atoms with van der Waals surface area (Å²) in [6, 6.07) is 21.4. The van der Waals surface area contributed by atoms with E-state index in [1.54, 1.807) is 43.5 Å². The Morgan fingerprint density at radius 3 is 2.21 bits per heavy atom. The first-order chi connectivity index (χ1) is 15.9. The van der Waals surface area contributed by atoms with E-state index in [1.165, 1.54) is 11.8 Å². The molecule has 0 bridgehead atoms. The van der Waals surface area contributed by atoms with Gasteiger partial charge in [0.05, 0.1) is 12.7 Å². The largest absolute Gasteiger partial charge is 0.497 e. The van der Waals surface area contributed by atoms with E-state index < -0.39 is 6.17 Å². The number of ether oxygens (including phenoxy) is 1. The summed E-state index contributed by atoms with van der Waals surface area (Å²) in [5.41, 5.74) is 3.24. The first-order valence-electron chi connectivity index (χ1n) is 10.4. The van der Waals surface area contributed by atoms with Crippen LogP contribution in [0.15, 0.2) is 72.8 Å². The molecule has 0 saturated carbocycles. The number of rotatable bonds is 6. The van der Waals surface area contributed by atoms with Crippen molar-refractivity contribution in [3.63, 3.8) is 0 Å². The van der Waals surface area contributed by atoms with Crippen LogP contribution in [0.2, 0.25) is 0 Å². The second-order valence-electron chi connectivity index (χ2n) is 7.61. The fourth-order valence-corrected chi connectivity index (χ4v) is 3.70. The Kier molecular flexibility index (Phi) is 6.26. The maximum Gasteiger partial charge on any atom is 0.258 e. The number of carbonyl (C=O) groups is 3. The van der Waals surface area contributed by atoms with E-state index >= 15 is 0 Å². The highest BCUT2D eigenvalue weighted by molar-refractivity contribution is 6.04. The molecule has 8 nitrogen and oxygen atoms in total. The van der Waals surface area contributed by atoms with Gasteiger partial charge in [-0.05, 0) is 54.1 Å². The van der Waals surface area contributed by atoms with Gasteiger partial charge in [-0.2, -0.15) is 0 Å². The molecule has 1 heterocycles. The molecule has 3 N–H and O–H groups in total. The van der Waals surface area contributed by atoms with Crippen molar-refractivity contribution in [3.05, 3.63) is 83.9 Å². The minimum Gasteiger partial charge on any atom is -0.497 e. The smallest absolute Gasteiger partial charge is 0.258 e. The van der Waals surface area contributed by atoms with Gasteiger partial charge in [0, 0.05) is 24.0 Å². The predicted molar refractivity (Wildman–Crippen MR) is 126 cm³/mol. The monoisotopic (exact) mass is 444 g/mol. The lowest BCUT2D eigenvalue weighted by Gasteiger charge is -2.37. The summed E-state index contributed by atoms with van der Waals surface area (Å²) in [5, 5.41) is 8.86. The van der Waals surface area contributed by atoms with Crippen molar-refractivity contribution in [2.24, 2.45) is 0 Å². The van der Waals surface area contributed by atoms with E-state index in [0.717, 1.165) is 5.56 Å². The molecular weight excluding hydrogens is 420 g/mol. The molecule has 0 aromatic heterocycles. The van der Waals surface area contributed by atoms with Crippen LogP contribution < -0.4 is 20.7 Å². The Morgan fingerprint density at radius 1 is 0.939 bits per heavy atom. The van der Waals surface area contributed by atoms with Crippen molar-refractivity contribution in [2.45, 2.75) is 13.1 Å². The Bertz CT molecular complexity index is 1180. The number of anilines is 3. The van der Waals surface area contributed by atoms with Gasteiger partial charge in [-0.1, -0.05) is 24.3 Å². The molecule has 0 aliphatic carbocycles. The number of hydrogen-bond acceptors (Lipinski definition) is 5. The van der Waals surface area contributed by atoms with Gasteiger partial charge in [0.25, 0.3) is 5.91 Å². The summed E-state index contributed by atoms with van der Waals surface area (Å²) in [4.78, 5) is 38.8. The predicted octanol–water partition coefficient (Wildman–Crippen LogP) is 3.86. The van der Waals surface area contributed by atoms with Gasteiger partial charge < -0.3 is 25.6 Å². The van der Waals surface area contributed by atoms with E-state index in [1.807, 2.05) is 36.4 Å². The summed E-state index contributed by atoms with van der Waals surface area (Å²) < 4.78 is 5.23. The molecule has 33 heavy (non-hydrogen) atoms. The molecule has 3 aromatic carbocycles. The number of hydrogen-bond donors (Lipinski definition) is 3. The first-order valence-corrected chi connectivity index (χ1v) is 10.4. The highest BCUT2D eigenvalue weighted by Gasteiger charge is 2.34. The molecule has 1 aliphatic heterocycles. The second kappa shape index (κ2) is 9.44. The molecule has 8 heteroatoms. The molecular formula is C25H24N4O4. The fraction of sp³-hybridized carbons (Fsp3) is 0.160. The molecule has 4 rings (SSSR count). The summed E-state index contributed by atoms with van der Waals surface area (Å²) in [6.45, 7) is 1.28. The third kappa shape index (κ3) is 4.95. The highest BCUT2D eigenvalue weighted by atomic mass is 16.5. The van der Waals surface area contributed by atoms with Gasteiger partial charge in [0.1, 0.15) is 18.5 Å². The molecule has 168 valence electrons. The minimum atomic E-state index is -0.522. The van der Waals surface area contributed by atoms with E-state index in [4.69, 9.17) is 4.74 Å². The summed E-state index contributed by atoms with van der Waals surface area (Å²) >= 11 is 0. The van der Waals surface area contributed by atoms with Crippen LogP contribution in [0.1, 0.15) is 29.0 Å². The topological polar surface area (TPSA) is 99.8 Å². The molecule has 0 unspecified atom stereocenters. The van der Waals surface area contributed by atoms with Gasteiger partial charge in [0.2, 0.25) is 11.8 Å². The maximum absolute atomic E-state index is 13.3. The van der Waals surface area contributed by atoms with Crippen molar-refractivity contribution in [2.75, 3.05) is 29.6 Å². The van der Waals surface area contributed by atoms with E-state index in [2.05, 4.69) is 16.0 Å². The summed E-state index contributed by atoms with van der Waals surface area (Å²) in [6.07, 6.45) is -0.522. The summed E-state index contributed by atoms with van der Waals surface area (Å²) in [5.74, 6) is -0.0438. The first kappa shape index (κ1) is 21.9. The van der Waals surface area contributed by atoms with Crippen molar-refractivity contribution in [1.82, 2.24) is 4.90 Å². The zero-order valence-electron chi connectivity index (χ0n) is 18.3. The molecule has 1 aliphatic rings. The average molecular weight is 444 g/mol. The van der Waals surface area contributed by atoms with Crippen molar-refractivity contribution >= 4 is 34.8 Å². The molecule has 0 fully saturated rings. The molecule has 1 atom stereocenters. The van der Waals surface area contributed by atoms with Crippen molar-refractivity contribution in [1.29, 1.82) is 0 Å². The number of carbonyl (C=O) groups excluding carboxylic acids is 3. The number of methoxy groups -OCH3 is 1. The van der Waals surface area contributed by atoms with Crippen LogP contribution in [0.4, 0.5) is 17.1 Å². The average Bonchev–Trinajstić information content (AvgIpc) is 2.82. The van der Waals surface area contributed by atoms with Gasteiger partial charge in [-0.3, -0.25) is 14.4 Å². The highest BCUT2D eigenvalue weighted by Crippen LogP contribution is 2.33.